The molecule has 0 fully saturated rings. The average molecular weight is 252 g/mol. The summed E-state index contributed by atoms with van der Waals surface area (Å²) in [5.74, 6) is 0. The van der Waals surface area contributed by atoms with E-state index in [1.165, 1.54) is 16.3 Å². The van der Waals surface area contributed by atoms with Crippen LogP contribution in [0.4, 0.5) is 0 Å². The van der Waals surface area contributed by atoms with Gasteiger partial charge in [-0.3, -0.25) is 4.68 Å². The van der Waals surface area contributed by atoms with Gasteiger partial charge in [-0.15, -0.1) is 5.10 Å². The lowest BCUT2D eigenvalue weighted by molar-refractivity contribution is 0.598. The van der Waals surface area contributed by atoms with Gasteiger partial charge in [0.25, 0.3) is 0 Å². The summed E-state index contributed by atoms with van der Waals surface area (Å²) in [6.45, 7) is 0. The van der Waals surface area contributed by atoms with Crippen LogP contribution in [0, 0.1) is 0 Å². The molecular weight excluding hydrogens is 236 g/mol. The zero-order valence-electron chi connectivity index (χ0n) is 11.0. The largest absolute Gasteiger partial charge is 0.308 e. The second-order valence-electron chi connectivity index (χ2n) is 4.61. The van der Waals surface area contributed by atoms with Crippen LogP contribution >= 0.6 is 0 Å². The number of hydrogen-bond donors (Lipinski definition) is 1. The highest BCUT2D eigenvalue weighted by Gasteiger charge is 2.16. The first-order valence-electron chi connectivity index (χ1n) is 6.30. The van der Waals surface area contributed by atoms with Gasteiger partial charge in [0.1, 0.15) is 0 Å². The first-order valence-corrected chi connectivity index (χ1v) is 6.30. The van der Waals surface area contributed by atoms with Gasteiger partial charge in [-0.2, -0.15) is 0 Å². The molecule has 19 heavy (non-hydrogen) atoms. The Hall–Kier alpha value is -2.20. The smallest absolute Gasteiger partial charge is 0.0798 e. The van der Waals surface area contributed by atoms with Crippen molar-refractivity contribution < 1.29 is 0 Å². The Labute approximate surface area is 112 Å². The SMILES string of the molecule is CNC(c1ccc2ccccc2c1)c1cnnn1C. The molecule has 0 aliphatic rings. The molecule has 1 heterocycles. The molecule has 1 N–H and O–H groups in total. The third-order valence-electron chi connectivity index (χ3n) is 3.44. The van der Waals surface area contributed by atoms with E-state index in [2.05, 4.69) is 58.1 Å². The van der Waals surface area contributed by atoms with Crippen molar-refractivity contribution in [1.82, 2.24) is 20.3 Å². The molecule has 1 unspecified atom stereocenters. The maximum absolute atomic E-state index is 4.00. The van der Waals surface area contributed by atoms with E-state index in [1.54, 1.807) is 10.9 Å². The third kappa shape index (κ3) is 2.11. The van der Waals surface area contributed by atoms with Gasteiger partial charge in [0, 0.05) is 7.05 Å². The molecule has 1 aromatic heterocycles. The summed E-state index contributed by atoms with van der Waals surface area (Å²) in [5, 5.41) is 13.8. The standard InChI is InChI=1S/C15H16N4/c1-16-15(14-10-17-18-19(14)2)13-8-7-11-5-3-4-6-12(11)9-13/h3-10,15-16H,1-2H3. The van der Waals surface area contributed by atoms with Crippen molar-refractivity contribution in [2.45, 2.75) is 6.04 Å². The van der Waals surface area contributed by atoms with E-state index in [0.29, 0.717) is 0 Å². The topological polar surface area (TPSA) is 42.7 Å². The van der Waals surface area contributed by atoms with E-state index >= 15 is 0 Å². The Morgan fingerprint density at radius 3 is 2.58 bits per heavy atom. The zero-order chi connectivity index (χ0) is 13.2. The molecule has 96 valence electrons. The van der Waals surface area contributed by atoms with Crippen molar-refractivity contribution in [2.75, 3.05) is 7.05 Å². The Morgan fingerprint density at radius 1 is 1.11 bits per heavy atom. The van der Waals surface area contributed by atoms with Gasteiger partial charge in [0.2, 0.25) is 0 Å². The van der Waals surface area contributed by atoms with Crippen molar-refractivity contribution in [2.24, 2.45) is 7.05 Å². The number of rotatable bonds is 3. The molecule has 0 amide bonds. The number of nitrogens with zero attached hydrogens (tertiary/aromatic N) is 3. The molecular formula is C15H16N4. The summed E-state index contributed by atoms with van der Waals surface area (Å²) in [7, 11) is 3.86. The Bertz CT molecular complexity index is 702. The van der Waals surface area contributed by atoms with Gasteiger partial charge in [-0.25, -0.2) is 0 Å². The van der Waals surface area contributed by atoms with Gasteiger partial charge in [0.15, 0.2) is 0 Å². The van der Waals surface area contributed by atoms with Gasteiger partial charge in [-0.05, 0) is 29.4 Å². The number of aryl methyl sites for hydroxylation is 1. The molecule has 3 aromatic rings. The highest BCUT2D eigenvalue weighted by molar-refractivity contribution is 5.83. The molecule has 0 spiro atoms. The molecule has 0 aliphatic carbocycles. The van der Waals surface area contributed by atoms with Crippen LogP contribution in [0.2, 0.25) is 0 Å². The van der Waals surface area contributed by atoms with Crippen LogP contribution in [0.15, 0.2) is 48.7 Å². The number of nitrogens with one attached hydrogen (secondary N) is 1. The first-order chi connectivity index (χ1) is 9.29. The van der Waals surface area contributed by atoms with E-state index in [-0.39, 0.29) is 6.04 Å². The summed E-state index contributed by atoms with van der Waals surface area (Å²) in [4.78, 5) is 0. The summed E-state index contributed by atoms with van der Waals surface area (Å²) in [6.07, 6.45) is 1.80. The van der Waals surface area contributed by atoms with Crippen LogP contribution in [0.3, 0.4) is 0 Å². The summed E-state index contributed by atoms with van der Waals surface area (Å²) in [6, 6.07) is 15.0. The van der Waals surface area contributed by atoms with Crippen LogP contribution in [0.5, 0.6) is 0 Å². The summed E-state index contributed by atoms with van der Waals surface area (Å²) in [5.41, 5.74) is 2.27. The van der Waals surface area contributed by atoms with Crippen molar-refractivity contribution >= 4 is 10.8 Å². The quantitative estimate of drug-likeness (QED) is 0.777. The lowest BCUT2D eigenvalue weighted by atomic mass is 10.00. The van der Waals surface area contributed by atoms with Crippen LogP contribution in [-0.2, 0) is 7.05 Å². The normalized spacial score (nSPS) is 12.7. The second-order valence-corrected chi connectivity index (χ2v) is 4.61. The maximum Gasteiger partial charge on any atom is 0.0798 e. The van der Waals surface area contributed by atoms with Crippen LogP contribution in [0.1, 0.15) is 17.3 Å². The van der Waals surface area contributed by atoms with Crippen LogP contribution < -0.4 is 5.32 Å². The fraction of sp³-hybridized carbons (Fsp3) is 0.200. The number of fused-ring (bicyclic) bond motifs is 1. The summed E-state index contributed by atoms with van der Waals surface area (Å²) >= 11 is 0. The minimum atomic E-state index is 0.101. The average Bonchev–Trinajstić information content (AvgIpc) is 2.86. The molecule has 0 saturated heterocycles. The van der Waals surface area contributed by atoms with Gasteiger partial charge >= 0.3 is 0 Å². The van der Waals surface area contributed by atoms with Crippen molar-refractivity contribution in [1.29, 1.82) is 0 Å². The number of aromatic nitrogens is 3. The van der Waals surface area contributed by atoms with Gasteiger partial charge < -0.3 is 5.32 Å². The molecule has 0 aliphatic heterocycles. The number of hydrogen-bond acceptors (Lipinski definition) is 3. The van der Waals surface area contributed by atoms with Crippen molar-refractivity contribution in [3.8, 4) is 0 Å². The molecule has 4 heteroatoms. The summed E-state index contributed by atoms with van der Waals surface area (Å²) < 4.78 is 1.80. The van der Waals surface area contributed by atoms with Crippen molar-refractivity contribution in [3.63, 3.8) is 0 Å². The minimum absolute atomic E-state index is 0.101. The fourth-order valence-electron chi connectivity index (χ4n) is 2.43. The highest BCUT2D eigenvalue weighted by atomic mass is 15.4. The van der Waals surface area contributed by atoms with E-state index < -0.39 is 0 Å². The van der Waals surface area contributed by atoms with Gasteiger partial charge in [-0.1, -0.05) is 41.6 Å². The molecule has 0 radical (unpaired) electrons. The highest BCUT2D eigenvalue weighted by Crippen LogP contribution is 2.24. The first kappa shape index (κ1) is 11.9. The van der Waals surface area contributed by atoms with E-state index in [4.69, 9.17) is 0 Å². The minimum Gasteiger partial charge on any atom is -0.308 e. The fourth-order valence-corrected chi connectivity index (χ4v) is 2.43. The molecule has 4 nitrogen and oxygen atoms in total. The van der Waals surface area contributed by atoms with Crippen LogP contribution in [-0.4, -0.2) is 22.0 Å². The van der Waals surface area contributed by atoms with Crippen molar-refractivity contribution in [3.05, 3.63) is 59.9 Å². The van der Waals surface area contributed by atoms with Crippen LogP contribution in [0.25, 0.3) is 10.8 Å². The van der Waals surface area contributed by atoms with E-state index in [0.717, 1.165) is 5.69 Å². The Balaban J connectivity index is 2.09. The zero-order valence-corrected chi connectivity index (χ0v) is 11.0. The molecule has 0 saturated carbocycles. The molecule has 3 rings (SSSR count). The monoisotopic (exact) mass is 252 g/mol. The number of benzene rings is 2. The molecule has 0 bridgehead atoms. The Kier molecular flexibility index (Phi) is 3.01. The predicted octanol–water partition coefficient (Wildman–Crippen LogP) is 2.28. The van der Waals surface area contributed by atoms with E-state index in [9.17, 15) is 0 Å². The predicted molar refractivity (Wildman–Crippen MR) is 75.9 cm³/mol. The van der Waals surface area contributed by atoms with E-state index in [1.807, 2.05) is 14.1 Å². The molecule has 2 aromatic carbocycles. The van der Waals surface area contributed by atoms with Gasteiger partial charge in [0.05, 0.1) is 17.9 Å². The third-order valence-corrected chi connectivity index (χ3v) is 3.44. The maximum atomic E-state index is 4.00. The lowest BCUT2D eigenvalue weighted by Crippen LogP contribution is -2.20. The molecule has 1 atom stereocenters. The Morgan fingerprint density at radius 2 is 1.89 bits per heavy atom. The lowest BCUT2D eigenvalue weighted by Gasteiger charge is -2.16. The second kappa shape index (κ2) is 4.82.